The Kier molecular flexibility index (Phi) is 3.92. The van der Waals surface area contributed by atoms with E-state index in [1.165, 1.54) is 5.56 Å². The highest BCUT2D eigenvalue weighted by Gasteiger charge is 2.30. The van der Waals surface area contributed by atoms with Crippen LogP contribution in [0.1, 0.15) is 22.8 Å². The first-order valence-electron chi connectivity index (χ1n) is 7.40. The van der Waals surface area contributed by atoms with Crippen molar-refractivity contribution in [3.8, 4) is 0 Å². The van der Waals surface area contributed by atoms with E-state index >= 15 is 0 Å². The molecule has 2 aromatic rings. The van der Waals surface area contributed by atoms with E-state index < -0.39 is 0 Å². The molecule has 0 radical (unpaired) electrons. The monoisotopic (exact) mass is 294 g/mol. The van der Waals surface area contributed by atoms with Gasteiger partial charge in [0.1, 0.15) is 0 Å². The van der Waals surface area contributed by atoms with E-state index in [0.29, 0.717) is 5.56 Å². The number of fused-ring (bicyclic) bond motifs is 1. The third-order valence-corrected chi connectivity index (χ3v) is 3.91. The highest BCUT2D eigenvalue weighted by atomic mass is 16.2. The summed E-state index contributed by atoms with van der Waals surface area (Å²) in [6.45, 7) is 2.03. The summed E-state index contributed by atoms with van der Waals surface area (Å²) in [4.78, 5) is 26.3. The number of hydrogen-bond donors (Lipinski definition) is 1. The summed E-state index contributed by atoms with van der Waals surface area (Å²) in [5.74, 6) is -0.309. The molecule has 0 saturated carbocycles. The fourth-order valence-electron chi connectivity index (χ4n) is 2.88. The highest BCUT2D eigenvalue weighted by Crippen LogP contribution is 2.31. The molecule has 1 heterocycles. The summed E-state index contributed by atoms with van der Waals surface area (Å²) in [6.07, 6.45) is 0.856. The van der Waals surface area contributed by atoms with E-state index in [0.717, 1.165) is 12.1 Å². The maximum Gasteiger partial charge on any atom is 0.251 e. The number of para-hydroxylation sites is 1. The largest absolute Gasteiger partial charge is 0.343 e. The number of hydrogen-bond acceptors (Lipinski definition) is 2. The minimum atomic E-state index is -0.228. The number of carbonyl (C=O) groups is 2. The second kappa shape index (κ2) is 6.02. The van der Waals surface area contributed by atoms with Gasteiger partial charge < -0.3 is 10.2 Å². The molecule has 112 valence electrons. The summed E-state index contributed by atoms with van der Waals surface area (Å²) >= 11 is 0. The van der Waals surface area contributed by atoms with Gasteiger partial charge in [0.25, 0.3) is 5.91 Å². The average Bonchev–Trinajstić information content (AvgIpc) is 2.89. The molecular weight excluding hydrogens is 276 g/mol. The van der Waals surface area contributed by atoms with Gasteiger partial charge in [-0.05, 0) is 37.1 Å². The minimum absolute atomic E-state index is 0.00635. The van der Waals surface area contributed by atoms with Gasteiger partial charge in [0.05, 0.1) is 6.54 Å². The molecule has 1 aliphatic rings. The van der Waals surface area contributed by atoms with Crippen molar-refractivity contribution in [2.24, 2.45) is 0 Å². The maximum absolute atomic E-state index is 12.5. The fourth-order valence-corrected chi connectivity index (χ4v) is 2.88. The van der Waals surface area contributed by atoms with Crippen LogP contribution in [0.15, 0.2) is 54.6 Å². The van der Waals surface area contributed by atoms with Gasteiger partial charge in [0.2, 0.25) is 5.91 Å². The molecule has 1 unspecified atom stereocenters. The molecule has 1 N–H and O–H groups in total. The van der Waals surface area contributed by atoms with Crippen molar-refractivity contribution in [1.29, 1.82) is 0 Å². The number of nitrogens with one attached hydrogen (secondary N) is 1. The summed E-state index contributed by atoms with van der Waals surface area (Å²) in [7, 11) is 0. The molecule has 1 aliphatic heterocycles. The zero-order valence-electron chi connectivity index (χ0n) is 12.5. The van der Waals surface area contributed by atoms with E-state index in [-0.39, 0.29) is 24.4 Å². The van der Waals surface area contributed by atoms with Crippen molar-refractivity contribution in [2.75, 3.05) is 11.4 Å². The Hall–Kier alpha value is -2.62. The summed E-state index contributed by atoms with van der Waals surface area (Å²) < 4.78 is 0. The summed E-state index contributed by atoms with van der Waals surface area (Å²) in [5.41, 5.74) is 2.69. The predicted octanol–water partition coefficient (Wildman–Crippen LogP) is 2.39. The lowest BCUT2D eigenvalue weighted by atomic mass is 10.1. The highest BCUT2D eigenvalue weighted by molar-refractivity contribution is 6.01. The molecule has 2 amide bonds. The SMILES string of the molecule is CC1Cc2ccccc2N1C(=O)CNC(=O)c1ccccc1. The molecule has 0 aliphatic carbocycles. The number of amides is 2. The zero-order chi connectivity index (χ0) is 15.5. The topological polar surface area (TPSA) is 49.4 Å². The van der Waals surface area contributed by atoms with Crippen LogP contribution in [0.4, 0.5) is 5.69 Å². The van der Waals surface area contributed by atoms with Gasteiger partial charge in [0, 0.05) is 17.3 Å². The number of benzene rings is 2. The van der Waals surface area contributed by atoms with Gasteiger partial charge >= 0.3 is 0 Å². The van der Waals surface area contributed by atoms with Gasteiger partial charge in [-0.2, -0.15) is 0 Å². The minimum Gasteiger partial charge on any atom is -0.343 e. The van der Waals surface area contributed by atoms with Crippen LogP contribution in [0.2, 0.25) is 0 Å². The number of rotatable bonds is 3. The van der Waals surface area contributed by atoms with E-state index in [2.05, 4.69) is 5.32 Å². The van der Waals surface area contributed by atoms with Crippen molar-refractivity contribution >= 4 is 17.5 Å². The van der Waals surface area contributed by atoms with Crippen LogP contribution in [0.25, 0.3) is 0 Å². The Balaban J connectivity index is 1.67. The van der Waals surface area contributed by atoms with Gasteiger partial charge in [-0.25, -0.2) is 0 Å². The molecule has 0 aromatic heterocycles. The molecule has 2 aromatic carbocycles. The summed E-state index contributed by atoms with van der Waals surface area (Å²) in [5, 5.41) is 2.70. The molecule has 0 spiro atoms. The normalized spacial score (nSPS) is 16.2. The van der Waals surface area contributed by atoms with Crippen molar-refractivity contribution in [3.05, 3.63) is 65.7 Å². The smallest absolute Gasteiger partial charge is 0.251 e. The van der Waals surface area contributed by atoms with Crippen LogP contribution in [0.3, 0.4) is 0 Å². The Bertz CT molecular complexity index is 697. The van der Waals surface area contributed by atoms with Crippen LogP contribution in [-0.2, 0) is 11.2 Å². The molecular formula is C18H18N2O2. The standard InChI is InChI=1S/C18H18N2O2/c1-13-11-15-9-5-6-10-16(15)20(13)17(21)12-19-18(22)14-7-3-2-4-8-14/h2-10,13H,11-12H2,1H3,(H,19,22). The Labute approximate surface area is 129 Å². The molecule has 0 bridgehead atoms. The van der Waals surface area contributed by atoms with Crippen molar-refractivity contribution in [2.45, 2.75) is 19.4 Å². The Morgan fingerprint density at radius 2 is 1.77 bits per heavy atom. The Morgan fingerprint density at radius 1 is 1.09 bits per heavy atom. The van der Waals surface area contributed by atoms with E-state index in [9.17, 15) is 9.59 Å². The fraction of sp³-hybridized carbons (Fsp3) is 0.222. The lowest BCUT2D eigenvalue weighted by Crippen LogP contribution is -2.43. The molecule has 4 nitrogen and oxygen atoms in total. The van der Waals surface area contributed by atoms with Crippen LogP contribution in [0, 0.1) is 0 Å². The summed E-state index contributed by atoms with van der Waals surface area (Å²) in [6, 6.07) is 16.9. The number of carbonyl (C=O) groups excluding carboxylic acids is 2. The lowest BCUT2D eigenvalue weighted by molar-refractivity contribution is -0.118. The average molecular weight is 294 g/mol. The second-order valence-electron chi connectivity index (χ2n) is 5.49. The van der Waals surface area contributed by atoms with Gasteiger partial charge in [-0.1, -0.05) is 36.4 Å². The van der Waals surface area contributed by atoms with Gasteiger partial charge in [-0.3, -0.25) is 9.59 Å². The van der Waals surface area contributed by atoms with Gasteiger partial charge in [-0.15, -0.1) is 0 Å². The molecule has 22 heavy (non-hydrogen) atoms. The van der Waals surface area contributed by atoms with Crippen LogP contribution >= 0.6 is 0 Å². The van der Waals surface area contributed by atoms with Crippen LogP contribution in [-0.4, -0.2) is 24.4 Å². The van der Waals surface area contributed by atoms with Crippen molar-refractivity contribution < 1.29 is 9.59 Å². The molecule has 0 fully saturated rings. The van der Waals surface area contributed by atoms with Crippen LogP contribution < -0.4 is 10.2 Å². The first-order valence-corrected chi connectivity index (χ1v) is 7.40. The second-order valence-corrected chi connectivity index (χ2v) is 5.49. The first-order chi connectivity index (χ1) is 10.7. The lowest BCUT2D eigenvalue weighted by Gasteiger charge is -2.22. The third kappa shape index (κ3) is 2.72. The maximum atomic E-state index is 12.5. The zero-order valence-corrected chi connectivity index (χ0v) is 12.5. The third-order valence-electron chi connectivity index (χ3n) is 3.91. The number of anilines is 1. The Morgan fingerprint density at radius 3 is 2.55 bits per heavy atom. The van der Waals surface area contributed by atoms with Crippen LogP contribution in [0.5, 0.6) is 0 Å². The van der Waals surface area contributed by atoms with Crippen molar-refractivity contribution in [3.63, 3.8) is 0 Å². The van der Waals surface area contributed by atoms with E-state index in [1.807, 2.05) is 37.3 Å². The quantitative estimate of drug-likeness (QED) is 0.945. The van der Waals surface area contributed by atoms with Crippen molar-refractivity contribution in [1.82, 2.24) is 5.32 Å². The molecule has 4 heteroatoms. The van der Waals surface area contributed by atoms with Gasteiger partial charge in [0.15, 0.2) is 0 Å². The predicted molar refractivity (Wildman–Crippen MR) is 85.9 cm³/mol. The number of nitrogens with zero attached hydrogens (tertiary/aromatic N) is 1. The first kappa shape index (κ1) is 14.3. The van der Waals surface area contributed by atoms with E-state index in [1.54, 1.807) is 29.2 Å². The van der Waals surface area contributed by atoms with E-state index in [4.69, 9.17) is 0 Å². The molecule has 1 atom stereocenters. The molecule has 3 rings (SSSR count). The molecule has 0 saturated heterocycles.